The summed E-state index contributed by atoms with van der Waals surface area (Å²) in [5.74, 6) is -3.97. The molecule has 1 saturated heterocycles. The number of carbonyl (C=O) groups is 1. The molecule has 0 atom stereocenters. The van der Waals surface area contributed by atoms with Crippen molar-refractivity contribution >= 4 is 5.97 Å². The third kappa shape index (κ3) is 3.05. The molecule has 0 amide bonds. The van der Waals surface area contributed by atoms with Crippen LogP contribution in [-0.2, 0) is 9.47 Å². The number of halogens is 3. The normalized spacial score (nSPS) is 14.2. The Balaban J connectivity index is 2.01. The van der Waals surface area contributed by atoms with Crippen molar-refractivity contribution in [3.8, 4) is 17.0 Å². The van der Waals surface area contributed by atoms with E-state index in [9.17, 15) is 18.0 Å². The van der Waals surface area contributed by atoms with Gasteiger partial charge in [0.15, 0.2) is 0 Å². The summed E-state index contributed by atoms with van der Waals surface area (Å²) in [6, 6.07) is 3.82. The van der Waals surface area contributed by atoms with Crippen molar-refractivity contribution in [1.29, 1.82) is 0 Å². The number of carbonyl (C=O) groups excluding carboxylic acids is 1. The number of aromatic nitrogens is 1. The summed E-state index contributed by atoms with van der Waals surface area (Å²) < 4.78 is 57.2. The maximum atomic E-state index is 14.3. The van der Waals surface area contributed by atoms with Crippen LogP contribution in [0.15, 0.2) is 24.3 Å². The molecule has 1 aromatic carbocycles. The quantitative estimate of drug-likeness (QED) is 0.802. The molecule has 0 N–H and O–H groups in total. The van der Waals surface area contributed by atoms with Gasteiger partial charge in [-0.25, -0.2) is 22.9 Å². The number of benzene rings is 1. The second kappa shape index (κ2) is 6.48. The van der Waals surface area contributed by atoms with Crippen LogP contribution >= 0.6 is 0 Å². The fourth-order valence-electron chi connectivity index (χ4n) is 2.15. The largest absolute Gasteiger partial charge is 0.485 e. The summed E-state index contributed by atoms with van der Waals surface area (Å²) in [7, 11) is 1.12. The Bertz CT molecular complexity index is 770. The van der Waals surface area contributed by atoms with Crippen LogP contribution in [0.1, 0.15) is 10.5 Å². The maximum absolute atomic E-state index is 14.3. The minimum atomic E-state index is -1.06. The van der Waals surface area contributed by atoms with Crippen molar-refractivity contribution in [1.82, 2.24) is 4.98 Å². The Labute approximate surface area is 135 Å². The average molecular weight is 339 g/mol. The van der Waals surface area contributed by atoms with E-state index >= 15 is 0 Å². The molecule has 2 heterocycles. The number of hydrogen-bond donors (Lipinski definition) is 0. The van der Waals surface area contributed by atoms with Gasteiger partial charge < -0.3 is 14.2 Å². The van der Waals surface area contributed by atoms with E-state index in [4.69, 9.17) is 9.47 Å². The predicted molar refractivity (Wildman–Crippen MR) is 76.1 cm³/mol. The first kappa shape index (κ1) is 16.3. The summed E-state index contributed by atoms with van der Waals surface area (Å²) in [5.41, 5.74) is -1.57. The third-order valence-electron chi connectivity index (χ3n) is 3.40. The third-order valence-corrected chi connectivity index (χ3v) is 3.40. The molecular formula is C16H12F3NO4. The molecule has 3 rings (SSSR count). The van der Waals surface area contributed by atoms with Gasteiger partial charge in [0.1, 0.15) is 40.7 Å². The molecule has 0 saturated carbocycles. The summed E-state index contributed by atoms with van der Waals surface area (Å²) in [6.07, 6.45) is -0.271. The highest BCUT2D eigenvalue weighted by Gasteiger charge is 2.24. The number of ether oxygens (including phenoxy) is 3. The van der Waals surface area contributed by atoms with Gasteiger partial charge >= 0.3 is 5.97 Å². The van der Waals surface area contributed by atoms with Crippen LogP contribution < -0.4 is 4.74 Å². The molecule has 2 aromatic rings. The lowest BCUT2D eigenvalue weighted by atomic mass is 10.1. The number of methoxy groups -OCH3 is 1. The Morgan fingerprint density at radius 1 is 1.17 bits per heavy atom. The molecular weight excluding hydrogens is 327 g/mol. The van der Waals surface area contributed by atoms with Crippen molar-refractivity contribution in [3.05, 3.63) is 47.4 Å². The molecule has 0 radical (unpaired) electrons. The van der Waals surface area contributed by atoms with Crippen molar-refractivity contribution in [2.75, 3.05) is 20.3 Å². The van der Waals surface area contributed by atoms with Gasteiger partial charge in [-0.15, -0.1) is 0 Å². The molecule has 8 heteroatoms. The molecule has 24 heavy (non-hydrogen) atoms. The first-order valence-electron chi connectivity index (χ1n) is 6.98. The fraction of sp³-hybridized carbons (Fsp3) is 0.250. The van der Waals surface area contributed by atoms with E-state index in [1.54, 1.807) is 0 Å². The second-order valence-corrected chi connectivity index (χ2v) is 5.06. The highest BCUT2D eigenvalue weighted by Crippen LogP contribution is 2.31. The van der Waals surface area contributed by atoms with Gasteiger partial charge in [-0.1, -0.05) is 0 Å². The topological polar surface area (TPSA) is 57.7 Å². The number of esters is 1. The average Bonchev–Trinajstić information content (AvgIpc) is 2.51. The van der Waals surface area contributed by atoms with Crippen molar-refractivity contribution in [3.63, 3.8) is 0 Å². The zero-order valence-electron chi connectivity index (χ0n) is 12.5. The molecule has 1 fully saturated rings. The Kier molecular flexibility index (Phi) is 4.39. The van der Waals surface area contributed by atoms with Gasteiger partial charge in [-0.3, -0.25) is 0 Å². The van der Waals surface area contributed by atoms with E-state index in [0.29, 0.717) is 13.2 Å². The van der Waals surface area contributed by atoms with Gasteiger partial charge in [-0.05, 0) is 12.1 Å². The van der Waals surface area contributed by atoms with Gasteiger partial charge in [-0.2, -0.15) is 0 Å². The monoisotopic (exact) mass is 339 g/mol. The van der Waals surface area contributed by atoms with Crippen molar-refractivity contribution in [2.45, 2.75) is 6.10 Å². The zero-order chi connectivity index (χ0) is 17.3. The highest BCUT2D eigenvalue weighted by atomic mass is 19.1. The number of rotatable bonds is 4. The molecule has 1 aliphatic rings. The lowest BCUT2D eigenvalue weighted by Crippen LogP contribution is -2.38. The zero-order valence-corrected chi connectivity index (χ0v) is 12.5. The summed E-state index contributed by atoms with van der Waals surface area (Å²) in [6.45, 7) is 0.671. The first-order chi connectivity index (χ1) is 11.5. The molecule has 0 spiro atoms. The molecule has 5 nitrogen and oxygen atoms in total. The van der Waals surface area contributed by atoms with Crippen LogP contribution in [0.5, 0.6) is 5.75 Å². The fourth-order valence-corrected chi connectivity index (χ4v) is 2.15. The number of nitrogens with zero attached hydrogens (tertiary/aromatic N) is 1. The number of pyridine rings is 1. The molecule has 0 bridgehead atoms. The van der Waals surface area contributed by atoms with Gasteiger partial charge in [0.2, 0.25) is 0 Å². The highest BCUT2D eigenvalue weighted by molar-refractivity contribution is 5.87. The summed E-state index contributed by atoms with van der Waals surface area (Å²) in [5, 5.41) is 0. The van der Waals surface area contributed by atoms with E-state index in [1.807, 2.05) is 0 Å². The lowest BCUT2D eigenvalue weighted by Gasteiger charge is -2.26. The van der Waals surface area contributed by atoms with Gasteiger partial charge in [0.25, 0.3) is 0 Å². The van der Waals surface area contributed by atoms with E-state index < -0.39 is 34.7 Å². The minimum Gasteiger partial charge on any atom is -0.485 e. The van der Waals surface area contributed by atoms with Crippen molar-refractivity contribution < 1.29 is 32.2 Å². The molecule has 1 aliphatic heterocycles. The number of hydrogen-bond acceptors (Lipinski definition) is 5. The molecule has 1 aromatic heterocycles. The van der Waals surface area contributed by atoms with Crippen LogP contribution in [0.4, 0.5) is 13.2 Å². The SMILES string of the molecule is COC(=O)c1ccc(F)c(-c2c(F)cc(OC3COC3)cc2F)n1. The summed E-state index contributed by atoms with van der Waals surface area (Å²) >= 11 is 0. The van der Waals surface area contributed by atoms with E-state index in [-0.39, 0.29) is 17.5 Å². The van der Waals surface area contributed by atoms with Crippen LogP contribution in [0.25, 0.3) is 11.3 Å². The Hall–Kier alpha value is -2.61. The van der Waals surface area contributed by atoms with Gasteiger partial charge in [0, 0.05) is 12.1 Å². The van der Waals surface area contributed by atoms with E-state index in [0.717, 1.165) is 31.4 Å². The Morgan fingerprint density at radius 2 is 1.83 bits per heavy atom. The van der Waals surface area contributed by atoms with E-state index in [2.05, 4.69) is 9.72 Å². The molecule has 0 aliphatic carbocycles. The van der Waals surface area contributed by atoms with Crippen LogP contribution in [0.3, 0.4) is 0 Å². The van der Waals surface area contributed by atoms with Crippen LogP contribution in [-0.4, -0.2) is 37.4 Å². The first-order valence-corrected chi connectivity index (χ1v) is 6.98. The van der Waals surface area contributed by atoms with Crippen LogP contribution in [0, 0.1) is 17.5 Å². The predicted octanol–water partition coefficient (Wildman–Crippen LogP) is 2.73. The standard InChI is InChI=1S/C16H12F3NO4/c1-22-16(21)13-3-2-10(17)15(20-13)14-11(18)4-8(5-12(14)19)24-9-6-23-7-9/h2-5,9H,6-7H2,1H3. The Morgan fingerprint density at radius 3 is 2.38 bits per heavy atom. The van der Waals surface area contributed by atoms with Crippen LogP contribution in [0.2, 0.25) is 0 Å². The van der Waals surface area contributed by atoms with Crippen molar-refractivity contribution in [2.24, 2.45) is 0 Å². The maximum Gasteiger partial charge on any atom is 0.356 e. The van der Waals surface area contributed by atoms with E-state index in [1.165, 1.54) is 0 Å². The smallest absolute Gasteiger partial charge is 0.356 e. The lowest BCUT2D eigenvalue weighted by molar-refractivity contribution is -0.0798. The minimum absolute atomic E-state index is 0.0356. The second-order valence-electron chi connectivity index (χ2n) is 5.06. The van der Waals surface area contributed by atoms with Gasteiger partial charge in [0.05, 0.1) is 25.9 Å². The summed E-state index contributed by atoms with van der Waals surface area (Å²) in [4.78, 5) is 15.1. The molecule has 0 unspecified atom stereocenters. The molecule has 126 valence electrons.